The van der Waals surface area contributed by atoms with E-state index in [1.807, 2.05) is 19.1 Å². The fraction of sp³-hybridized carbons (Fsp3) is 0.250. The summed E-state index contributed by atoms with van der Waals surface area (Å²) in [6.07, 6.45) is 0. The molecule has 0 heterocycles. The molecule has 2 aromatic rings. The van der Waals surface area contributed by atoms with Gasteiger partial charge in [0.15, 0.2) is 0 Å². The van der Waals surface area contributed by atoms with Crippen molar-refractivity contribution in [1.29, 1.82) is 0 Å². The van der Waals surface area contributed by atoms with Crippen molar-refractivity contribution in [2.45, 2.75) is 32.6 Å². The van der Waals surface area contributed by atoms with Gasteiger partial charge in [0, 0.05) is 4.90 Å². The summed E-state index contributed by atoms with van der Waals surface area (Å²) < 4.78 is 3.75. The van der Waals surface area contributed by atoms with Gasteiger partial charge in [-0.05, 0) is 74.1 Å². The predicted molar refractivity (Wildman–Crippen MR) is 102 cm³/mol. The van der Waals surface area contributed by atoms with Crippen molar-refractivity contribution >= 4 is 40.1 Å². The number of aryl methyl sites for hydroxylation is 4. The van der Waals surface area contributed by atoms with Crippen LogP contribution in [0.3, 0.4) is 0 Å². The van der Waals surface area contributed by atoms with Crippen molar-refractivity contribution < 1.29 is 4.52 Å². The SMILES string of the molecule is Cc1ccc(OP(=S)(S)Sc2ccc(C)cc2C)c(C)c1. The van der Waals surface area contributed by atoms with Gasteiger partial charge in [-0.3, -0.25) is 0 Å². The van der Waals surface area contributed by atoms with Gasteiger partial charge in [0.05, 0.1) is 0 Å². The molecule has 112 valence electrons. The molecule has 0 bridgehead atoms. The third-order valence-corrected chi connectivity index (χ3v) is 7.78. The minimum atomic E-state index is -2.28. The van der Waals surface area contributed by atoms with E-state index in [-0.39, 0.29) is 0 Å². The summed E-state index contributed by atoms with van der Waals surface area (Å²) in [4.78, 5) is 1.14. The van der Waals surface area contributed by atoms with E-state index >= 15 is 0 Å². The summed E-state index contributed by atoms with van der Waals surface area (Å²) in [6, 6.07) is 12.5. The highest BCUT2D eigenvalue weighted by Crippen LogP contribution is 2.66. The van der Waals surface area contributed by atoms with Crippen LogP contribution < -0.4 is 4.52 Å². The van der Waals surface area contributed by atoms with Crippen LogP contribution in [0.4, 0.5) is 0 Å². The van der Waals surface area contributed by atoms with Crippen LogP contribution >= 0.6 is 28.3 Å². The minimum absolute atomic E-state index is 0.830. The van der Waals surface area contributed by atoms with Gasteiger partial charge >= 0.3 is 0 Å². The summed E-state index contributed by atoms with van der Waals surface area (Å²) >= 11 is 11.8. The zero-order valence-electron chi connectivity index (χ0n) is 12.6. The molecule has 21 heavy (non-hydrogen) atoms. The summed E-state index contributed by atoms with van der Waals surface area (Å²) in [5.74, 6) is 0.830. The lowest BCUT2D eigenvalue weighted by molar-refractivity contribution is 0.631. The molecule has 1 atom stereocenters. The molecule has 0 aliphatic carbocycles. The number of thiol groups is 1. The Morgan fingerprint density at radius 3 is 2.10 bits per heavy atom. The fourth-order valence-electron chi connectivity index (χ4n) is 2.07. The highest BCUT2D eigenvalue weighted by Gasteiger charge is 2.18. The lowest BCUT2D eigenvalue weighted by Gasteiger charge is -2.19. The van der Waals surface area contributed by atoms with E-state index < -0.39 is 4.67 Å². The standard InChI is InChI=1S/C16H19OPS3/c1-11-5-7-15(13(3)9-11)17-18(19,20)21-16-8-6-12(2)10-14(16)4/h5-10H,1-4H3,(H,19,20). The molecule has 0 fully saturated rings. The average molecular weight is 355 g/mol. The van der Waals surface area contributed by atoms with E-state index in [0.29, 0.717) is 0 Å². The largest absolute Gasteiger partial charge is 0.448 e. The highest BCUT2D eigenvalue weighted by atomic mass is 33.2. The smallest absolute Gasteiger partial charge is 0.224 e. The first kappa shape index (κ1) is 17.0. The molecule has 0 amide bonds. The van der Waals surface area contributed by atoms with Gasteiger partial charge in [-0.15, -0.1) is 0 Å². The molecule has 0 radical (unpaired) electrons. The van der Waals surface area contributed by atoms with E-state index in [2.05, 4.69) is 57.3 Å². The Hall–Kier alpha value is -0.410. The lowest BCUT2D eigenvalue weighted by atomic mass is 10.1. The zero-order chi connectivity index (χ0) is 15.6. The molecule has 0 aliphatic rings. The number of hydrogen-bond donors (Lipinski definition) is 1. The van der Waals surface area contributed by atoms with E-state index in [4.69, 9.17) is 16.3 Å². The molecular weight excluding hydrogens is 335 g/mol. The number of rotatable bonds is 4. The lowest BCUT2D eigenvalue weighted by Crippen LogP contribution is -1.89. The Morgan fingerprint density at radius 1 is 0.952 bits per heavy atom. The van der Waals surface area contributed by atoms with Gasteiger partial charge in [-0.25, -0.2) is 0 Å². The monoisotopic (exact) mass is 354 g/mol. The summed E-state index contributed by atoms with van der Waals surface area (Å²) in [7, 11) is 0. The van der Waals surface area contributed by atoms with Crippen LogP contribution in [0.25, 0.3) is 0 Å². The van der Waals surface area contributed by atoms with Gasteiger partial charge in [0.2, 0.25) is 4.67 Å². The average Bonchev–Trinajstić information content (AvgIpc) is 2.36. The van der Waals surface area contributed by atoms with Crippen LogP contribution in [0, 0.1) is 27.7 Å². The molecule has 2 rings (SSSR count). The summed E-state index contributed by atoms with van der Waals surface area (Å²) in [6.45, 7) is 8.28. The molecule has 5 heteroatoms. The van der Waals surface area contributed by atoms with Crippen LogP contribution in [0.15, 0.2) is 41.3 Å². The van der Waals surface area contributed by atoms with Crippen LogP contribution in [-0.2, 0) is 11.8 Å². The van der Waals surface area contributed by atoms with Crippen molar-refractivity contribution in [2.24, 2.45) is 0 Å². The van der Waals surface area contributed by atoms with Gasteiger partial charge in [0.1, 0.15) is 5.75 Å². The molecule has 0 N–H and O–H groups in total. The second-order valence-electron chi connectivity index (χ2n) is 5.19. The summed E-state index contributed by atoms with van der Waals surface area (Å²) in [5.41, 5.74) is 4.78. The fourth-order valence-corrected chi connectivity index (χ4v) is 6.87. The quantitative estimate of drug-likeness (QED) is 0.514. The van der Waals surface area contributed by atoms with Gasteiger partial charge < -0.3 is 4.52 Å². The van der Waals surface area contributed by atoms with E-state index in [0.717, 1.165) is 16.2 Å². The Kier molecular flexibility index (Phi) is 5.48. The zero-order valence-corrected chi connectivity index (χ0v) is 16.0. The van der Waals surface area contributed by atoms with E-state index in [1.54, 1.807) is 11.4 Å². The van der Waals surface area contributed by atoms with Crippen LogP contribution in [0.1, 0.15) is 22.3 Å². The Labute approximate surface area is 141 Å². The first-order valence-corrected chi connectivity index (χ1v) is 11.9. The second kappa shape index (κ2) is 6.78. The van der Waals surface area contributed by atoms with Crippen LogP contribution in [0.2, 0.25) is 0 Å². The summed E-state index contributed by atoms with van der Waals surface area (Å²) in [5, 5.41) is 0. The Bertz CT molecular complexity index is 655. The third-order valence-electron chi connectivity index (χ3n) is 3.09. The van der Waals surface area contributed by atoms with Crippen molar-refractivity contribution in [1.82, 2.24) is 0 Å². The number of benzene rings is 2. The van der Waals surface area contributed by atoms with E-state index in [1.165, 1.54) is 16.7 Å². The molecule has 1 nitrogen and oxygen atoms in total. The van der Waals surface area contributed by atoms with Crippen LogP contribution in [-0.4, -0.2) is 0 Å². The van der Waals surface area contributed by atoms with Crippen LogP contribution in [0.5, 0.6) is 5.75 Å². The number of hydrogen-bond acceptors (Lipinski definition) is 3. The van der Waals surface area contributed by atoms with Crippen molar-refractivity contribution in [2.75, 3.05) is 0 Å². The van der Waals surface area contributed by atoms with Gasteiger partial charge in [-0.1, -0.05) is 47.6 Å². The Balaban J connectivity index is 2.20. The van der Waals surface area contributed by atoms with Crippen molar-refractivity contribution in [3.05, 3.63) is 58.7 Å². The van der Waals surface area contributed by atoms with Gasteiger partial charge in [0.25, 0.3) is 0 Å². The first-order chi connectivity index (χ1) is 9.77. The highest BCUT2D eigenvalue weighted by molar-refractivity contribution is 8.95. The predicted octanol–water partition coefficient (Wildman–Crippen LogP) is 6.25. The van der Waals surface area contributed by atoms with Crippen molar-refractivity contribution in [3.8, 4) is 5.75 Å². The molecule has 1 unspecified atom stereocenters. The van der Waals surface area contributed by atoms with E-state index in [9.17, 15) is 0 Å². The molecular formula is C16H19OPS3. The molecule has 0 aliphatic heterocycles. The normalized spacial score (nSPS) is 13.8. The molecule has 0 spiro atoms. The first-order valence-electron chi connectivity index (χ1n) is 6.63. The molecule has 0 aromatic heterocycles. The maximum Gasteiger partial charge on any atom is 0.224 e. The van der Waals surface area contributed by atoms with Crippen molar-refractivity contribution in [3.63, 3.8) is 0 Å². The molecule has 0 saturated heterocycles. The van der Waals surface area contributed by atoms with Gasteiger partial charge in [-0.2, -0.15) is 0 Å². The minimum Gasteiger partial charge on any atom is -0.448 e. The third kappa shape index (κ3) is 4.79. The molecule has 0 saturated carbocycles. The Morgan fingerprint density at radius 2 is 1.52 bits per heavy atom. The maximum absolute atomic E-state index is 6.03. The molecule has 2 aromatic carbocycles. The maximum atomic E-state index is 6.03. The second-order valence-corrected chi connectivity index (χ2v) is 14.6. The topological polar surface area (TPSA) is 9.23 Å².